The van der Waals surface area contributed by atoms with Crippen LogP contribution in [-0.4, -0.2) is 25.2 Å². The van der Waals surface area contributed by atoms with Crippen molar-refractivity contribution in [3.05, 3.63) is 29.8 Å². The van der Waals surface area contributed by atoms with Crippen LogP contribution in [0.15, 0.2) is 24.3 Å². The first-order chi connectivity index (χ1) is 8.59. The van der Waals surface area contributed by atoms with Crippen molar-refractivity contribution < 1.29 is 9.53 Å². The maximum absolute atomic E-state index is 10.5. The summed E-state index contributed by atoms with van der Waals surface area (Å²) in [5.74, 6) is 0.892. The topological polar surface area (TPSA) is 76.4 Å². The highest BCUT2D eigenvalue weighted by Gasteiger charge is 2.04. The molecule has 5 heteroatoms. The monoisotopic (exact) mass is 251 g/mol. The lowest BCUT2D eigenvalue weighted by atomic mass is 10.2. The van der Waals surface area contributed by atoms with Crippen molar-refractivity contribution in [2.75, 3.05) is 13.1 Å². The molecule has 1 aromatic rings. The number of primary amides is 1. The van der Waals surface area contributed by atoms with Crippen LogP contribution in [0.25, 0.3) is 0 Å². The number of rotatable bonds is 7. The number of carbonyl (C=O) groups is 1. The fourth-order valence-corrected chi connectivity index (χ4v) is 1.52. The third kappa shape index (κ3) is 5.54. The van der Waals surface area contributed by atoms with Crippen molar-refractivity contribution >= 4 is 6.03 Å². The zero-order valence-corrected chi connectivity index (χ0v) is 10.9. The molecule has 0 saturated heterocycles. The lowest BCUT2D eigenvalue weighted by Crippen LogP contribution is -2.35. The Morgan fingerprint density at radius 3 is 2.72 bits per heavy atom. The maximum Gasteiger partial charge on any atom is 0.312 e. The van der Waals surface area contributed by atoms with Gasteiger partial charge in [0.15, 0.2) is 0 Å². The molecule has 2 amide bonds. The average molecular weight is 251 g/mol. The molecule has 0 aliphatic rings. The van der Waals surface area contributed by atoms with Crippen LogP contribution in [-0.2, 0) is 6.54 Å². The van der Waals surface area contributed by atoms with Gasteiger partial charge in [-0.15, -0.1) is 0 Å². The molecule has 0 heterocycles. The minimum absolute atomic E-state index is 0.155. The van der Waals surface area contributed by atoms with E-state index in [1.54, 1.807) is 0 Å². The average Bonchev–Trinajstić information content (AvgIpc) is 2.29. The summed E-state index contributed by atoms with van der Waals surface area (Å²) in [6, 6.07) is 7.41. The Hall–Kier alpha value is -1.75. The van der Waals surface area contributed by atoms with Gasteiger partial charge >= 0.3 is 6.03 Å². The molecule has 5 nitrogen and oxygen atoms in total. The first-order valence-electron chi connectivity index (χ1n) is 6.08. The Morgan fingerprint density at radius 2 is 2.06 bits per heavy atom. The summed E-state index contributed by atoms with van der Waals surface area (Å²) in [7, 11) is 0. The Bertz CT molecular complexity index is 380. The van der Waals surface area contributed by atoms with Crippen LogP contribution in [0.4, 0.5) is 4.79 Å². The molecule has 0 radical (unpaired) electrons. The fraction of sp³-hybridized carbons (Fsp3) is 0.462. The molecule has 0 atom stereocenters. The van der Waals surface area contributed by atoms with Crippen LogP contribution < -0.4 is 21.1 Å². The Kier molecular flexibility index (Phi) is 6.00. The molecule has 0 fully saturated rings. The van der Waals surface area contributed by atoms with E-state index in [-0.39, 0.29) is 6.10 Å². The van der Waals surface area contributed by atoms with Gasteiger partial charge < -0.3 is 21.1 Å². The number of benzene rings is 1. The third-order valence-electron chi connectivity index (χ3n) is 2.25. The molecular formula is C13H21N3O2. The molecule has 0 aliphatic heterocycles. The number of nitrogens with one attached hydrogen (secondary N) is 2. The molecule has 1 rings (SSSR count). The van der Waals surface area contributed by atoms with E-state index in [1.165, 1.54) is 0 Å². The molecule has 0 aliphatic carbocycles. The molecule has 4 N–H and O–H groups in total. The summed E-state index contributed by atoms with van der Waals surface area (Å²) in [5, 5.41) is 5.74. The zero-order valence-electron chi connectivity index (χ0n) is 10.9. The standard InChI is InChI=1S/C13H21N3O2/c1-10(2)18-12-6-4-3-5-11(12)9-15-7-8-16-13(14)17/h3-6,10,15H,7-9H2,1-2H3,(H3,14,16,17). The SMILES string of the molecule is CC(C)Oc1ccccc1CNCCNC(N)=O. The smallest absolute Gasteiger partial charge is 0.312 e. The summed E-state index contributed by atoms with van der Waals surface area (Å²) >= 11 is 0. The first kappa shape index (κ1) is 14.3. The number of hydrogen-bond donors (Lipinski definition) is 3. The van der Waals surface area contributed by atoms with Gasteiger partial charge in [-0.2, -0.15) is 0 Å². The van der Waals surface area contributed by atoms with Crippen molar-refractivity contribution in [3.63, 3.8) is 0 Å². The van der Waals surface area contributed by atoms with Crippen LogP contribution >= 0.6 is 0 Å². The van der Waals surface area contributed by atoms with E-state index < -0.39 is 6.03 Å². The molecule has 18 heavy (non-hydrogen) atoms. The van der Waals surface area contributed by atoms with E-state index in [2.05, 4.69) is 10.6 Å². The van der Waals surface area contributed by atoms with Gasteiger partial charge in [0.1, 0.15) is 5.75 Å². The lowest BCUT2D eigenvalue weighted by Gasteiger charge is -2.14. The van der Waals surface area contributed by atoms with Crippen LogP contribution in [0.3, 0.4) is 0 Å². The van der Waals surface area contributed by atoms with Crippen molar-refractivity contribution in [3.8, 4) is 5.75 Å². The van der Waals surface area contributed by atoms with Gasteiger partial charge in [-0.1, -0.05) is 18.2 Å². The number of ether oxygens (including phenoxy) is 1. The highest BCUT2D eigenvalue weighted by Crippen LogP contribution is 2.18. The number of nitrogens with two attached hydrogens (primary N) is 1. The second-order valence-corrected chi connectivity index (χ2v) is 4.24. The van der Waals surface area contributed by atoms with E-state index in [1.807, 2.05) is 38.1 Å². The van der Waals surface area contributed by atoms with E-state index in [9.17, 15) is 4.79 Å². The Balaban J connectivity index is 2.39. The van der Waals surface area contributed by atoms with Gasteiger partial charge in [0.2, 0.25) is 0 Å². The normalized spacial score (nSPS) is 10.4. The van der Waals surface area contributed by atoms with Crippen molar-refractivity contribution in [1.82, 2.24) is 10.6 Å². The molecule has 1 aromatic carbocycles. The minimum Gasteiger partial charge on any atom is -0.491 e. The maximum atomic E-state index is 10.5. The third-order valence-corrected chi connectivity index (χ3v) is 2.25. The predicted octanol–water partition coefficient (Wildman–Crippen LogP) is 1.23. The van der Waals surface area contributed by atoms with E-state index >= 15 is 0 Å². The van der Waals surface area contributed by atoms with Crippen LogP contribution in [0.5, 0.6) is 5.75 Å². The highest BCUT2D eigenvalue weighted by molar-refractivity contribution is 5.71. The molecule has 0 unspecified atom stereocenters. The number of urea groups is 1. The molecule has 100 valence electrons. The van der Waals surface area contributed by atoms with Crippen LogP contribution in [0.1, 0.15) is 19.4 Å². The molecule has 0 spiro atoms. The van der Waals surface area contributed by atoms with E-state index in [0.717, 1.165) is 11.3 Å². The Labute approximate surface area is 108 Å². The first-order valence-corrected chi connectivity index (χ1v) is 6.08. The van der Waals surface area contributed by atoms with Gasteiger partial charge in [0.05, 0.1) is 6.10 Å². The van der Waals surface area contributed by atoms with Crippen LogP contribution in [0, 0.1) is 0 Å². The van der Waals surface area contributed by atoms with Gasteiger partial charge in [-0.05, 0) is 19.9 Å². The minimum atomic E-state index is -0.500. The zero-order chi connectivity index (χ0) is 13.4. The van der Waals surface area contributed by atoms with Gasteiger partial charge in [-0.3, -0.25) is 0 Å². The summed E-state index contributed by atoms with van der Waals surface area (Å²) in [6.07, 6.45) is 0.155. The Morgan fingerprint density at radius 1 is 1.33 bits per heavy atom. The van der Waals surface area contributed by atoms with Gasteiger partial charge in [0, 0.05) is 25.2 Å². The molecule has 0 aromatic heterocycles. The lowest BCUT2D eigenvalue weighted by molar-refractivity contribution is 0.239. The molecule has 0 saturated carbocycles. The van der Waals surface area contributed by atoms with Gasteiger partial charge in [-0.25, -0.2) is 4.79 Å². The highest BCUT2D eigenvalue weighted by atomic mass is 16.5. The van der Waals surface area contributed by atoms with Crippen LogP contribution in [0.2, 0.25) is 0 Å². The number of hydrogen-bond acceptors (Lipinski definition) is 3. The number of carbonyl (C=O) groups excluding carboxylic acids is 1. The van der Waals surface area contributed by atoms with Crippen molar-refractivity contribution in [2.45, 2.75) is 26.5 Å². The largest absolute Gasteiger partial charge is 0.491 e. The summed E-state index contributed by atoms with van der Waals surface area (Å²) in [4.78, 5) is 10.5. The van der Waals surface area contributed by atoms with Crippen molar-refractivity contribution in [2.24, 2.45) is 5.73 Å². The molecular weight excluding hydrogens is 230 g/mol. The number of amides is 2. The summed E-state index contributed by atoms with van der Waals surface area (Å²) in [6.45, 7) is 5.88. The van der Waals surface area contributed by atoms with E-state index in [0.29, 0.717) is 19.6 Å². The second kappa shape index (κ2) is 7.55. The van der Waals surface area contributed by atoms with Gasteiger partial charge in [0.25, 0.3) is 0 Å². The van der Waals surface area contributed by atoms with E-state index in [4.69, 9.17) is 10.5 Å². The number of para-hydroxylation sites is 1. The predicted molar refractivity (Wildman–Crippen MR) is 71.5 cm³/mol. The summed E-state index contributed by atoms with van der Waals surface area (Å²) < 4.78 is 5.71. The second-order valence-electron chi connectivity index (χ2n) is 4.24. The fourth-order valence-electron chi connectivity index (χ4n) is 1.52. The molecule has 0 bridgehead atoms. The van der Waals surface area contributed by atoms with Crippen molar-refractivity contribution in [1.29, 1.82) is 0 Å². The summed E-state index contributed by atoms with van der Waals surface area (Å²) in [5.41, 5.74) is 6.07. The quantitative estimate of drug-likeness (QED) is 0.638.